The number of ether oxygens (including phenoxy) is 2. The molecule has 0 rings (SSSR count). The third kappa shape index (κ3) is 8.42. The fourth-order valence-corrected chi connectivity index (χ4v) is 1.98. The van der Waals surface area contributed by atoms with E-state index in [4.69, 9.17) is 14.6 Å². The van der Waals surface area contributed by atoms with E-state index in [9.17, 15) is 14.4 Å². The molecular formula is C16H29NO6. The zero-order valence-electron chi connectivity index (χ0n) is 14.8. The van der Waals surface area contributed by atoms with Crippen molar-refractivity contribution in [3.63, 3.8) is 0 Å². The molecule has 0 aliphatic carbocycles. The molecule has 0 aromatic rings. The van der Waals surface area contributed by atoms with Crippen LogP contribution in [0, 0.1) is 17.8 Å². The number of carboxylic acids is 1. The van der Waals surface area contributed by atoms with Crippen LogP contribution in [0.4, 0.5) is 4.79 Å². The Morgan fingerprint density at radius 3 is 2.04 bits per heavy atom. The second-order valence-electron chi connectivity index (χ2n) is 6.16. The summed E-state index contributed by atoms with van der Waals surface area (Å²) in [5, 5.41) is 11.6. The molecule has 134 valence electrons. The first-order chi connectivity index (χ1) is 10.6. The Labute approximate surface area is 137 Å². The molecule has 2 N–H and O–H groups in total. The number of alkyl carbamates (subject to hydrolysis) is 1. The van der Waals surface area contributed by atoms with E-state index in [1.54, 1.807) is 13.8 Å². The van der Waals surface area contributed by atoms with Gasteiger partial charge in [0.2, 0.25) is 6.29 Å². The number of rotatable bonds is 9. The van der Waals surface area contributed by atoms with Gasteiger partial charge in [0, 0.05) is 13.0 Å². The molecule has 0 radical (unpaired) electrons. The number of hydrogen-bond donors (Lipinski definition) is 2. The van der Waals surface area contributed by atoms with Crippen molar-refractivity contribution in [2.75, 3.05) is 0 Å². The normalized spacial score (nSPS) is 16.1. The number of esters is 1. The lowest BCUT2D eigenvalue weighted by atomic mass is 9.85. The van der Waals surface area contributed by atoms with E-state index < -0.39 is 30.4 Å². The molecule has 0 aliphatic heterocycles. The highest BCUT2D eigenvalue weighted by Gasteiger charge is 2.27. The highest BCUT2D eigenvalue weighted by atomic mass is 16.7. The molecule has 0 aliphatic rings. The molecule has 1 amide bonds. The van der Waals surface area contributed by atoms with Crippen molar-refractivity contribution in [3.05, 3.63) is 0 Å². The minimum atomic E-state index is -1.03. The van der Waals surface area contributed by atoms with Gasteiger partial charge in [0.15, 0.2) is 0 Å². The fraction of sp³-hybridized carbons (Fsp3) is 0.812. The number of hydrogen-bond acceptors (Lipinski definition) is 5. The van der Waals surface area contributed by atoms with E-state index in [2.05, 4.69) is 5.32 Å². The Bertz CT molecular complexity index is 409. The summed E-state index contributed by atoms with van der Waals surface area (Å²) in [5.41, 5.74) is 0. The Morgan fingerprint density at radius 2 is 1.61 bits per heavy atom. The molecule has 4 atom stereocenters. The molecule has 0 aromatic carbocycles. The zero-order valence-corrected chi connectivity index (χ0v) is 14.8. The average molecular weight is 331 g/mol. The predicted molar refractivity (Wildman–Crippen MR) is 84.7 cm³/mol. The van der Waals surface area contributed by atoms with Gasteiger partial charge in [-0.1, -0.05) is 41.0 Å². The topological polar surface area (TPSA) is 102 Å². The van der Waals surface area contributed by atoms with E-state index in [1.807, 2.05) is 20.8 Å². The molecule has 23 heavy (non-hydrogen) atoms. The van der Waals surface area contributed by atoms with Gasteiger partial charge in [0.05, 0.1) is 12.3 Å². The van der Waals surface area contributed by atoms with E-state index in [1.165, 1.54) is 6.92 Å². The van der Waals surface area contributed by atoms with Crippen LogP contribution in [-0.2, 0) is 19.1 Å². The number of carbonyl (C=O) groups is 3. The highest BCUT2D eigenvalue weighted by Crippen LogP contribution is 2.20. The van der Waals surface area contributed by atoms with Gasteiger partial charge in [-0.3, -0.25) is 9.59 Å². The molecule has 0 bridgehead atoms. The summed E-state index contributed by atoms with van der Waals surface area (Å²) in [6, 6.07) is -0.553. The first-order valence-corrected chi connectivity index (χ1v) is 7.97. The van der Waals surface area contributed by atoms with Crippen LogP contribution in [0.2, 0.25) is 0 Å². The minimum Gasteiger partial charge on any atom is -0.481 e. The summed E-state index contributed by atoms with van der Waals surface area (Å²) in [5.74, 6) is -1.58. The van der Waals surface area contributed by atoms with Crippen molar-refractivity contribution < 1.29 is 29.0 Å². The van der Waals surface area contributed by atoms with Crippen molar-refractivity contribution in [3.8, 4) is 0 Å². The van der Waals surface area contributed by atoms with E-state index in [0.717, 1.165) is 6.42 Å². The summed E-state index contributed by atoms with van der Waals surface area (Å²) < 4.78 is 9.90. The van der Waals surface area contributed by atoms with Crippen molar-refractivity contribution in [1.82, 2.24) is 5.32 Å². The molecule has 0 spiro atoms. The van der Waals surface area contributed by atoms with Crippen molar-refractivity contribution in [2.45, 2.75) is 66.7 Å². The number of carbonyl (C=O) groups excluding carboxylic acids is 2. The van der Waals surface area contributed by atoms with E-state index in [-0.39, 0.29) is 24.2 Å². The van der Waals surface area contributed by atoms with Crippen LogP contribution in [0.3, 0.4) is 0 Å². The maximum absolute atomic E-state index is 11.9. The summed E-state index contributed by atoms with van der Waals surface area (Å²) in [6.07, 6.45) is -1.15. The quantitative estimate of drug-likeness (QED) is 0.497. The van der Waals surface area contributed by atoms with Crippen LogP contribution in [0.5, 0.6) is 0 Å². The molecule has 7 nitrogen and oxygen atoms in total. The van der Waals surface area contributed by atoms with Crippen LogP contribution in [-0.4, -0.2) is 35.5 Å². The maximum Gasteiger partial charge on any atom is 0.410 e. The van der Waals surface area contributed by atoms with E-state index >= 15 is 0 Å². The lowest BCUT2D eigenvalue weighted by molar-refractivity contribution is -0.168. The molecule has 0 fully saturated rings. The van der Waals surface area contributed by atoms with Gasteiger partial charge in [-0.15, -0.1) is 0 Å². The Balaban J connectivity index is 4.64. The minimum absolute atomic E-state index is 0.0304. The average Bonchev–Trinajstić information content (AvgIpc) is 2.43. The van der Waals surface area contributed by atoms with Crippen molar-refractivity contribution in [1.29, 1.82) is 0 Å². The molecule has 7 heteroatoms. The van der Waals surface area contributed by atoms with Gasteiger partial charge < -0.3 is 19.9 Å². The number of amides is 1. The van der Waals surface area contributed by atoms with Crippen molar-refractivity contribution in [2.24, 2.45) is 17.8 Å². The number of nitrogens with one attached hydrogen (secondary N) is 1. The smallest absolute Gasteiger partial charge is 0.410 e. The van der Waals surface area contributed by atoms with Gasteiger partial charge in [-0.05, 0) is 11.8 Å². The fourth-order valence-electron chi connectivity index (χ4n) is 1.98. The summed E-state index contributed by atoms with van der Waals surface area (Å²) in [6.45, 7) is 10.7. The molecule has 0 saturated heterocycles. The highest BCUT2D eigenvalue weighted by molar-refractivity contribution is 5.73. The third-order valence-corrected chi connectivity index (χ3v) is 3.90. The van der Waals surface area contributed by atoms with Gasteiger partial charge in [-0.2, -0.15) is 0 Å². The largest absolute Gasteiger partial charge is 0.481 e. The predicted octanol–water partition coefficient (Wildman–Crippen LogP) is 2.78. The second-order valence-corrected chi connectivity index (χ2v) is 6.16. The van der Waals surface area contributed by atoms with Gasteiger partial charge in [0.1, 0.15) is 0 Å². The molecule has 0 aromatic heterocycles. The van der Waals surface area contributed by atoms with Gasteiger partial charge in [-0.25, -0.2) is 4.79 Å². The third-order valence-electron chi connectivity index (χ3n) is 3.90. The molecule has 0 heterocycles. The summed E-state index contributed by atoms with van der Waals surface area (Å²) in [7, 11) is 0. The van der Waals surface area contributed by atoms with Crippen LogP contribution in [0.1, 0.15) is 54.4 Å². The van der Waals surface area contributed by atoms with Crippen LogP contribution < -0.4 is 5.32 Å². The second kappa shape index (κ2) is 10.1. The lowest BCUT2D eigenvalue weighted by Gasteiger charge is -2.28. The molecule has 0 saturated carbocycles. The molecule has 0 unspecified atom stereocenters. The Hall–Kier alpha value is -1.79. The number of carboxylic acid groups (broad SMARTS) is 1. The SMILES string of the molecule is CC[C@@H](C)[C@@H](C)[C@@H](CC(=O)O)NC(=O)O[C@H](C)OC(=O)C(C)C. The first kappa shape index (κ1) is 21.2. The summed E-state index contributed by atoms with van der Waals surface area (Å²) in [4.78, 5) is 34.3. The molecular weight excluding hydrogens is 302 g/mol. The first-order valence-electron chi connectivity index (χ1n) is 7.97. The van der Waals surface area contributed by atoms with Gasteiger partial charge >= 0.3 is 18.0 Å². The number of aliphatic carboxylic acids is 1. The van der Waals surface area contributed by atoms with Crippen LogP contribution in [0.15, 0.2) is 0 Å². The maximum atomic E-state index is 11.9. The van der Waals surface area contributed by atoms with Crippen molar-refractivity contribution >= 4 is 18.0 Å². The monoisotopic (exact) mass is 331 g/mol. The van der Waals surface area contributed by atoms with Crippen LogP contribution >= 0.6 is 0 Å². The Kier molecular flexibility index (Phi) is 9.29. The lowest BCUT2D eigenvalue weighted by Crippen LogP contribution is -2.44. The van der Waals surface area contributed by atoms with Gasteiger partial charge in [0.25, 0.3) is 0 Å². The standard InChI is InChI=1S/C16H29NO6/c1-7-10(4)11(5)13(8-14(18)19)17-16(21)23-12(6)22-15(20)9(2)3/h9-13H,7-8H2,1-6H3,(H,17,21)(H,18,19)/t10-,11-,12-,13-/m1/s1. The summed E-state index contributed by atoms with van der Waals surface area (Å²) >= 11 is 0. The van der Waals surface area contributed by atoms with E-state index in [0.29, 0.717) is 0 Å². The van der Waals surface area contributed by atoms with Crippen LogP contribution in [0.25, 0.3) is 0 Å². The Morgan fingerprint density at radius 1 is 1.04 bits per heavy atom. The zero-order chi connectivity index (χ0) is 18.2.